The summed E-state index contributed by atoms with van der Waals surface area (Å²) in [6.07, 6.45) is 3.50. The number of pyridine rings is 1. The Morgan fingerprint density at radius 2 is 2.27 bits per heavy atom. The van der Waals surface area contributed by atoms with Crippen LogP contribution in [0.2, 0.25) is 0 Å². The van der Waals surface area contributed by atoms with Crippen molar-refractivity contribution in [3.05, 3.63) is 23.9 Å². The van der Waals surface area contributed by atoms with E-state index in [1.54, 1.807) is 6.20 Å². The maximum Gasteiger partial charge on any atom is 0.229 e. The lowest BCUT2D eigenvalue weighted by atomic mass is 9.97. The minimum absolute atomic E-state index is 0.00319. The van der Waals surface area contributed by atoms with Gasteiger partial charge in [-0.1, -0.05) is 6.07 Å². The molecule has 2 aliphatic rings. The Bertz CT molecular complexity index is 517. The predicted molar refractivity (Wildman–Crippen MR) is 82.5 cm³/mol. The molecule has 1 N–H and O–H groups in total. The van der Waals surface area contributed by atoms with Crippen molar-refractivity contribution in [3.63, 3.8) is 0 Å². The second-order valence-corrected chi connectivity index (χ2v) is 5.93. The maximum atomic E-state index is 12.5. The molecule has 6 heteroatoms. The molecule has 1 atom stereocenters. The van der Waals surface area contributed by atoms with Gasteiger partial charge in [0.05, 0.1) is 19.1 Å². The number of piperidine rings is 1. The quantitative estimate of drug-likeness (QED) is 0.911. The van der Waals surface area contributed by atoms with Gasteiger partial charge in [-0.2, -0.15) is 0 Å². The molecule has 22 heavy (non-hydrogen) atoms. The van der Waals surface area contributed by atoms with Gasteiger partial charge in [0, 0.05) is 19.3 Å². The van der Waals surface area contributed by atoms with Crippen LogP contribution < -0.4 is 5.32 Å². The fraction of sp³-hybridized carbons (Fsp3) is 0.625. The highest BCUT2D eigenvalue weighted by atomic mass is 16.7. The van der Waals surface area contributed by atoms with Crippen LogP contribution in [0, 0.1) is 12.8 Å². The monoisotopic (exact) mass is 305 g/mol. The molecule has 2 aliphatic heterocycles. The van der Waals surface area contributed by atoms with Crippen molar-refractivity contribution in [1.29, 1.82) is 0 Å². The topological polar surface area (TPSA) is 63.7 Å². The Hall–Kier alpha value is -1.50. The van der Waals surface area contributed by atoms with Crippen molar-refractivity contribution < 1.29 is 14.3 Å². The van der Waals surface area contributed by atoms with Crippen LogP contribution in [0.25, 0.3) is 0 Å². The Labute approximate surface area is 130 Å². The van der Waals surface area contributed by atoms with Crippen LogP contribution in [0.4, 0.5) is 5.82 Å². The van der Waals surface area contributed by atoms with Crippen LogP contribution >= 0.6 is 0 Å². The van der Waals surface area contributed by atoms with E-state index in [0.29, 0.717) is 19.0 Å². The minimum atomic E-state index is -0.139. The Morgan fingerprint density at radius 3 is 3.05 bits per heavy atom. The number of hydrogen-bond donors (Lipinski definition) is 1. The Balaban J connectivity index is 1.54. The van der Waals surface area contributed by atoms with E-state index in [1.165, 1.54) is 0 Å². The number of nitrogens with one attached hydrogen (secondary N) is 1. The lowest BCUT2D eigenvalue weighted by Gasteiger charge is -2.32. The van der Waals surface area contributed by atoms with E-state index in [9.17, 15) is 4.79 Å². The first-order valence-corrected chi connectivity index (χ1v) is 7.90. The third-order valence-electron chi connectivity index (χ3n) is 4.23. The molecule has 0 saturated carbocycles. The number of anilines is 1. The maximum absolute atomic E-state index is 12.5. The number of carbonyl (C=O) groups excluding carboxylic acids is 1. The van der Waals surface area contributed by atoms with E-state index in [1.807, 2.05) is 19.1 Å². The summed E-state index contributed by atoms with van der Waals surface area (Å²) in [4.78, 5) is 19.0. The number of carbonyl (C=O) groups is 1. The second-order valence-electron chi connectivity index (χ2n) is 5.93. The van der Waals surface area contributed by atoms with E-state index < -0.39 is 0 Å². The minimum Gasteiger partial charge on any atom is -0.349 e. The number of likely N-dealkylation sites (tertiary alicyclic amines) is 1. The normalized spacial score (nSPS) is 23.6. The van der Waals surface area contributed by atoms with Crippen LogP contribution in [-0.2, 0) is 14.3 Å². The van der Waals surface area contributed by atoms with Gasteiger partial charge >= 0.3 is 0 Å². The summed E-state index contributed by atoms with van der Waals surface area (Å²) >= 11 is 0. The number of rotatable bonds is 4. The third kappa shape index (κ3) is 3.82. The van der Waals surface area contributed by atoms with Crippen molar-refractivity contribution in [1.82, 2.24) is 9.88 Å². The highest BCUT2D eigenvalue weighted by molar-refractivity contribution is 5.92. The van der Waals surface area contributed by atoms with Crippen LogP contribution in [0.5, 0.6) is 0 Å². The smallest absolute Gasteiger partial charge is 0.229 e. The molecule has 0 bridgehead atoms. The van der Waals surface area contributed by atoms with Crippen LogP contribution in [0.1, 0.15) is 18.4 Å². The van der Waals surface area contributed by atoms with Gasteiger partial charge in [-0.25, -0.2) is 4.98 Å². The fourth-order valence-electron chi connectivity index (χ4n) is 2.99. The molecule has 1 amide bonds. The first-order valence-electron chi connectivity index (χ1n) is 7.90. The van der Waals surface area contributed by atoms with Crippen molar-refractivity contribution >= 4 is 11.7 Å². The van der Waals surface area contributed by atoms with Crippen LogP contribution in [0.3, 0.4) is 0 Å². The molecule has 3 heterocycles. The van der Waals surface area contributed by atoms with Crippen molar-refractivity contribution in [2.45, 2.75) is 26.1 Å². The van der Waals surface area contributed by atoms with E-state index in [2.05, 4.69) is 15.2 Å². The molecular formula is C16H23N3O3. The zero-order valence-electron chi connectivity index (χ0n) is 13.0. The molecule has 2 fully saturated rings. The highest BCUT2D eigenvalue weighted by Gasteiger charge is 2.29. The SMILES string of the molecule is Cc1cccnc1NC(=O)C1CCCN(CC2OCCO2)C1. The van der Waals surface area contributed by atoms with E-state index in [0.717, 1.165) is 38.0 Å². The first kappa shape index (κ1) is 15.4. The lowest BCUT2D eigenvalue weighted by Crippen LogP contribution is -2.44. The summed E-state index contributed by atoms with van der Waals surface area (Å²) in [5.74, 6) is 0.711. The molecule has 1 aromatic heterocycles. The van der Waals surface area contributed by atoms with Crippen molar-refractivity contribution in [3.8, 4) is 0 Å². The van der Waals surface area contributed by atoms with Gasteiger partial charge < -0.3 is 14.8 Å². The van der Waals surface area contributed by atoms with Crippen LogP contribution in [-0.4, -0.2) is 54.9 Å². The summed E-state index contributed by atoms with van der Waals surface area (Å²) in [6, 6.07) is 3.82. The third-order valence-corrected chi connectivity index (χ3v) is 4.23. The van der Waals surface area contributed by atoms with Gasteiger partial charge in [0.25, 0.3) is 0 Å². The standard InChI is InChI=1S/C16H23N3O3/c1-12-4-2-6-17-15(12)18-16(20)13-5-3-7-19(10-13)11-14-21-8-9-22-14/h2,4,6,13-14H,3,5,7-11H2,1H3,(H,17,18,20). The summed E-state index contributed by atoms with van der Waals surface area (Å²) in [6.45, 7) is 5.77. The van der Waals surface area contributed by atoms with Gasteiger partial charge in [-0.15, -0.1) is 0 Å². The average molecular weight is 305 g/mol. The van der Waals surface area contributed by atoms with E-state index in [-0.39, 0.29) is 18.1 Å². The molecule has 2 saturated heterocycles. The van der Waals surface area contributed by atoms with Gasteiger partial charge in [-0.05, 0) is 37.9 Å². The zero-order chi connectivity index (χ0) is 15.4. The molecule has 3 rings (SSSR count). The zero-order valence-corrected chi connectivity index (χ0v) is 13.0. The number of nitrogens with zero attached hydrogens (tertiary/aromatic N) is 2. The van der Waals surface area contributed by atoms with Gasteiger partial charge in [0.15, 0.2) is 6.29 Å². The molecule has 1 unspecified atom stereocenters. The molecule has 0 spiro atoms. The van der Waals surface area contributed by atoms with Crippen LogP contribution in [0.15, 0.2) is 18.3 Å². The largest absolute Gasteiger partial charge is 0.349 e. The summed E-state index contributed by atoms with van der Waals surface area (Å²) in [5, 5.41) is 2.95. The number of aryl methyl sites for hydroxylation is 1. The summed E-state index contributed by atoms with van der Waals surface area (Å²) < 4.78 is 11.0. The fourth-order valence-corrected chi connectivity index (χ4v) is 2.99. The molecule has 1 aromatic rings. The Morgan fingerprint density at radius 1 is 1.45 bits per heavy atom. The average Bonchev–Trinajstić information content (AvgIpc) is 3.03. The predicted octanol–water partition coefficient (Wildman–Crippen LogP) is 1.41. The highest BCUT2D eigenvalue weighted by Crippen LogP contribution is 2.20. The lowest BCUT2D eigenvalue weighted by molar-refractivity contribution is -0.122. The van der Waals surface area contributed by atoms with Gasteiger partial charge in [-0.3, -0.25) is 9.69 Å². The molecular weight excluding hydrogens is 282 g/mol. The molecule has 120 valence electrons. The molecule has 0 aromatic carbocycles. The van der Waals surface area contributed by atoms with Crippen molar-refractivity contribution in [2.24, 2.45) is 5.92 Å². The number of hydrogen-bond acceptors (Lipinski definition) is 5. The summed E-state index contributed by atoms with van der Waals surface area (Å²) in [5.41, 5.74) is 0.983. The molecule has 0 radical (unpaired) electrons. The second kappa shape index (κ2) is 7.17. The number of ether oxygens (including phenoxy) is 2. The number of amides is 1. The number of aromatic nitrogens is 1. The van der Waals surface area contributed by atoms with Gasteiger partial charge in [0.2, 0.25) is 5.91 Å². The van der Waals surface area contributed by atoms with E-state index in [4.69, 9.17) is 9.47 Å². The first-order chi connectivity index (χ1) is 10.7. The van der Waals surface area contributed by atoms with Gasteiger partial charge in [0.1, 0.15) is 5.82 Å². The summed E-state index contributed by atoms with van der Waals surface area (Å²) in [7, 11) is 0. The molecule has 6 nitrogen and oxygen atoms in total. The van der Waals surface area contributed by atoms with E-state index >= 15 is 0 Å². The molecule has 0 aliphatic carbocycles. The van der Waals surface area contributed by atoms with Crippen molar-refractivity contribution in [2.75, 3.05) is 38.2 Å². The Kier molecular flexibility index (Phi) is 5.02.